The van der Waals surface area contributed by atoms with Gasteiger partial charge in [0.05, 0.1) is 0 Å². The minimum absolute atomic E-state index is 0.0518. The number of aromatic carboxylic acids is 1. The van der Waals surface area contributed by atoms with Gasteiger partial charge in [0.2, 0.25) is 0 Å². The van der Waals surface area contributed by atoms with Gasteiger partial charge in [0, 0.05) is 22.3 Å². The van der Waals surface area contributed by atoms with E-state index in [9.17, 15) is 34.8 Å². The first-order chi connectivity index (χ1) is 15.8. The van der Waals surface area contributed by atoms with Gasteiger partial charge in [0.15, 0.2) is 23.1 Å². The molecule has 4 N–H and O–H groups in total. The fraction of sp³-hybridized carbons (Fsp3) is 0.593. The fourth-order valence-corrected chi connectivity index (χ4v) is 8.10. The Hall–Kier alpha value is -2.67. The minimum Gasteiger partial charge on any atom is -0.504 e. The lowest BCUT2D eigenvalue weighted by atomic mass is 9.40. The van der Waals surface area contributed by atoms with Crippen LogP contribution in [0, 0.1) is 28.6 Å². The molecule has 5 rings (SSSR count). The first-order valence-electron chi connectivity index (χ1n) is 12.1. The van der Waals surface area contributed by atoms with Crippen LogP contribution in [0.3, 0.4) is 0 Å². The Morgan fingerprint density at radius 2 is 1.74 bits per heavy atom. The van der Waals surface area contributed by atoms with Crippen molar-refractivity contribution >= 4 is 17.5 Å². The van der Waals surface area contributed by atoms with Crippen LogP contribution >= 0.6 is 0 Å². The Bertz CT molecular complexity index is 1180. The van der Waals surface area contributed by atoms with Crippen molar-refractivity contribution in [2.24, 2.45) is 28.6 Å². The molecule has 0 amide bonds. The van der Waals surface area contributed by atoms with Gasteiger partial charge in [0.25, 0.3) is 0 Å². The number of rotatable bonds is 1. The molecular weight excluding hydrogens is 436 g/mol. The number of carbonyl (C=O) groups is 3. The van der Waals surface area contributed by atoms with E-state index < -0.39 is 45.7 Å². The quantitative estimate of drug-likeness (QED) is 0.458. The third-order valence-corrected chi connectivity index (χ3v) is 10.1. The molecule has 182 valence electrons. The summed E-state index contributed by atoms with van der Waals surface area (Å²) in [5.74, 6) is -3.28. The summed E-state index contributed by atoms with van der Waals surface area (Å²) >= 11 is 0. The van der Waals surface area contributed by atoms with Crippen LogP contribution in [0.2, 0.25) is 0 Å². The Morgan fingerprint density at radius 3 is 2.38 bits per heavy atom. The molecule has 0 saturated heterocycles. The summed E-state index contributed by atoms with van der Waals surface area (Å²) in [5.41, 5.74) is -0.779. The number of allylic oxidation sites excluding steroid dienone is 2. The standard InChI is InChI=1S/C27H32O7/c1-12-9-14-13-5-6-25(2)15-10-17(29)22(31)20(24(33)34)19(15)16(28)11-18(25)26(13,3)7-8-27(14,4)23(32)21(12)30/h10-14,23,29,31-32H,5-9H2,1-4H3,(H,33,34)/t12-,13?,14?,23-,25+,26+,27-/m1/s1. The number of benzene rings is 1. The number of Topliss-reactive ketones (excluding diaryl/α,β-unsaturated/α-hetero) is 1. The summed E-state index contributed by atoms with van der Waals surface area (Å²) in [6.07, 6.45) is 4.06. The van der Waals surface area contributed by atoms with Gasteiger partial charge in [-0.05, 0) is 72.6 Å². The zero-order valence-corrected chi connectivity index (χ0v) is 20.0. The molecule has 0 radical (unpaired) electrons. The monoisotopic (exact) mass is 468 g/mol. The maximum absolute atomic E-state index is 13.4. The smallest absolute Gasteiger partial charge is 0.340 e. The van der Waals surface area contributed by atoms with Gasteiger partial charge in [-0.25, -0.2) is 4.79 Å². The Labute approximate surface area is 198 Å². The van der Waals surface area contributed by atoms with Crippen molar-refractivity contribution < 1.29 is 34.8 Å². The molecular formula is C27H32O7. The molecule has 4 aliphatic rings. The van der Waals surface area contributed by atoms with Gasteiger partial charge in [0.1, 0.15) is 11.7 Å². The number of phenols is 2. The summed E-state index contributed by atoms with van der Waals surface area (Å²) in [4.78, 5) is 37.9. The van der Waals surface area contributed by atoms with E-state index in [1.54, 1.807) is 6.08 Å². The van der Waals surface area contributed by atoms with Crippen molar-refractivity contribution in [2.45, 2.75) is 71.3 Å². The van der Waals surface area contributed by atoms with Crippen molar-refractivity contribution in [3.8, 4) is 11.5 Å². The van der Waals surface area contributed by atoms with Crippen LogP contribution in [0.1, 0.15) is 86.1 Å². The molecule has 0 heterocycles. The van der Waals surface area contributed by atoms with Crippen LogP contribution < -0.4 is 0 Å². The lowest BCUT2D eigenvalue weighted by Gasteiger charge is -2.64. The van der Waals surface area contributed by atoms with Gasteiger partial charge in [-0.2, -0.15) is 0 Å². The van der Waals surface area contributed by atoms with Crippen LogP contribution in [-0.2, 0) is 10.2 Å². The number of aliphatic hydroxyl groups excluding tert-OH is 1. The van der Waals surface area contributed by atoms with Crippen LogP contribution in [0.4, 0.5) is 0 Å². The highest BCUT2D eigenvalue weighted by Crippen LogP contribution is 2.68. The van der Waals surface area contributed by atoms with E-state index in [2.05, 4.69) is 6.92 Å². The molecule has 0 aliphatic heterocycles. The molecule has 0 spiro atoms. The highest BCUT2D eigenvalue weighted by atomic mass is 16.4. The van der Waals surface area contributed by atoms with Crippen LogP contribution in [0.5, 0.6) is 11.5 Å². The van der Waals surface area contributed by atoms with Gasteiger partial charge in [-0.1, -0.05) is 27.7 Å². The van der Waals surface area contributed by atoms with E-state index in [4.69, 9.17) is 0 Å². The molecule has 2 unspecified atom stereocenters. The number of carboxylic acids is 1. The van der Waals surface area contributed by atoms with E-state index in [0.717, 1.165) is 12.0 Å². The first-order valence-corrected chi connectivity index (χ1v) is 12.1. The Kier molecular flexibility index (Phi) is 4.71. The van der Waals surface area contributed by atoms with Gasteiger partial charge < -0.3 is 20.4 Å². The minimum atomic E-state index is -1.46. The zero-order valence-electron chi connectivity index (χ0n) is 20.0. The van der Waals surface area contributed by atoms with Crippen molar-refractivity contribution in [1.29, 1.82) is 0 Å². The van der Waals surface area contributed by atoms with E-state index >= 15 is 0 Å². The Morgan fingerprint density at radius 1 is 1.06 bits per heavy atom. The van der Waals surface area contributed by atoms with Gasteiger partial charge in [-0.15, -0.1) is 0 Å². The summed E-state index contributed by atoms with van der Waals surface area (Å²) in [6.45, 7) is 8.05. The van der Waals surface area contributed by atoms with Crippen LogP contribution in [0.25, 0.3) is 0 Å². The number of fused-ring (bicyclic) bond motifs is 7. The van der Waals surface area contributed by atoms with Crippen LogP contribution in [0.15, 0.2) is 17.7 Å². The summed E-state index contributed by atoms with van der Waals surface area (Å²) < 4.78 is 0. The lowest BCUT2D eigenvalue weighted by molar-refractivity contribution is -0.167. The molecule has 4 aliphatic carbocycles. The second-order valence-electron chi connectivity index (χ2n) is 11.7. The number of aliphatic hydroxyl groups is 1. The SMILES string of the molecule is C[C@@H]1CC2C3CC[C@]4(C)C(=CC(=O)c5c4cc(O)c(O)c5C(=O)O)[C@@]3(C)CC[C@@]2(C)[C@H](O)C1=O. The van der Waals surface area contributed by atoms with E-state index in [1.807, 2.05) is 20.8 Å². The number of hydrogen-bond donors (Lipinski definition) is 4. The van der Waals surface area contributed by atoms with Crippen molar-refractivity contribution in [3.63, 3.8) is 0 Å². The molecule has 7 heteroatoms. The Balaban J connectivity index is 1.66. The van der Waals surface area contributed by atoms with Crippen LogP contribution in [-0.4, -0.2) is 44.1 Å². The summed E-state index contributed by atoms with van der Waals surface area (Å²) in [6, 6.07) is 1.35. The molecule has 0 aromatic heterocycles. The van der Waals surface area contributed by atoms with E-state index in [1.165, 1.54) is 6.07 Å². The maximum atomic E-state index is 13.4. The second-order valence-corrected chi connectivity index (χ2v) is 11.7. The molecule has 1 aromatic rings. The topological polar surface area (TPSA) is 132 Å². The third-order valence-electron chi connectivity index (χ3n) is 10.1. The number of ketones is 2. The van der Waals surface area contributed by atoms with Crippen molar-refractivity contribution in [1.82, 2.24) is 0 Å². The summed E-state index contributed by atoms with van der Waals surface area (Å²) in [7, 11) is 0. The second kappa shape index (κ2) is 6.94. The molecule has 3 saturated carbocycles. The lowest BCUT2D eigenvalue weighted by Crippen LogP contribution is -2.61. The molecule has 3 fully saturated rings. The third kappa shape index (κ3) is 2.65. The highest BCUT2D eigenvalue weighted by molar-refractivity contribution is 6.15. The van der Waals surface area contributed by atoms with E-state index in [-0.39, 0.29) is 34.5 Å². The van der Waals surface area contributed by atoms with Gasteiger partial charge >= 0.3 is 5.97 Å². The number of phenolic OH excluding ortho intramolecular Hbond substituents is 1. The molecule has 7 atom stereocenters. The number of aromatic hydroxyl groups is 2. The van der Waals surface area contributed by atoms with Gasteiger partial charge in [-0.3, -0.25) is 9.59 Å². The van der Waals surface area contributed by atoms with Crippen molar-refractivity contribution in [3.05, 3.63) is 34.4 Å². The highest BCUT2D eigenvalue weighted by Gasteiger charge is 2.63. The molecule has 7 nitrogen and oxygen atoms in total. The molecule has 0 bridgehead atoms. The predicted molar refractivity (Wildman–Crippen MR) is 123 cm³/mol. The normalized spacial score (nSPS) is 41.0. The predicted octanol–water partition coefficient (Wildman–Crippen LogP) is 3.98. The maximum Gasteiger partial charge on any atom is 0.340 e. The number of hydrogen-bond acceptors (Lipinski definition) is 6. The first kappa shape index (κ1) is 23.1. The fourth-order valence-electron chi connectivity index (χ4n) is 8.10. The van der Waals surface area contributed by atoms with Crippen molar-refractivity contribution in [2.75, 3.05) is 0 Å². The molecule has 34 heavy (non-hydrogen) atoms. The average Bonchev–Trinajstić information content (AvgIpc) is 2.77. The average molecular weight is 469 g/mol. The number of carbonyl (C=O) groups excluding carboxylic acids is 2. The largest absolute Gasteiger partial charge is 0.504 e. The zero-order chi connectivity index (χ0) is 25.0. The summed E-state index contributed by atoms with van der Waals surface area (Å²) in [5, 5.41) is 41.3. The number of carboxylic acid groups (broad SMARTS) is 1. The molecule has 1 aromatic carbocycles. The van der Waals surface area contributed by atoms with E-state index in [0.29, 0.717) is 31.2 Å².